The molecule has 0 saturated heterocycles. The lowest BCUT2D eigenvalue weighted by Gasteiger charge is -2.22. The summed E-state index contributed by atoms with van der Waals surface area (Å²) in [5.74, 6) is 0. The van der Waals surface area contributed by atoms with Gasteiger partial charge in [0.05, 0.1) is 11.4 Å². The standard InChI is InChI=1S/C26H22N2S/c1-26(2,3)22-14-19(13-18-7-4-5-9-20(18)22)23-15-24(28-16-27-23)21-10-6-8-17-11-12-29-25(17)21/h4-16H,1-3H3. The van der Waals surface area contributed by atoms with Gasteiger partial charge in [0.1, 0.15) is 6.33 Å². The fourth-order valence-corrected chi connectivity index (χ4v) is 4.86. The van der Waals surface area contributed by atoms with Crippen LogP contribution >= 0.6 is 11.3 Å². The molecule has 0 aliphatic heterocycles. The average molecular weight is 395 g/mol. The molecule has 5 aromatic rings. The first-order valence-electron chi connectivity index (χ1n) is 9.83. The minimum absolute atomic E-state index is 0.0496. The Morgan fingerprint density at radius 3 is 2.41 bits per heavy atom. The molecule has 0 fully saturated rings. The largest absolute Gasteiger partial charge is 0.236 e. The minimum atomic E-state index is 0.0496. The van der Waals surface area contributed by atoms with Crippen LogP contribution in [0.1, 0.15) is 26.3 Å². The van der Waals surface area contributed by atoms with Crippen molar-refractivity contribution >= 4 is 32.2 Å². The topological polar surface area (TPSA) is 25.8 Å². The van der Waals surface area contributed by atoms with Crippen LogP contribution in [0.5, 0.6) is 0 Å². The quantitative estimate of drug-likeness (QED) is 0.310. The van der Waals surface area contributed by atoms with Crippen LogP contribution in [0, 0.1) is 0 Å². The highest BCUT2D eigenvalue weighted by atomic mass is 32.1. The van der Waals surface area contributed by atoms with Crippen molar-refractivity contribution in [2.45, 2.75) is 26.2 Å². The number of rotatable bonds is 2. The fraction of sp³-hybridized carbons (Fsp3) is 0.154. The van der Waals surface area contributed by atoms with Gasteiger partial charge < -0.3 is 0 Å². The summed E-state index contributed by atoms with van der Waals surface area (Å²) < 4.78 is 1.27. The molecule has 0 N–H and O–H groups in total. The van der Waals surface area contributed by atoms with E-state index < -0.39 is 0 Å². The van der Waals surface area contributed by atoms with E-state index in [-0.39, 0.29) is 5.41 Å². The van der Waals surface area contributed by atoms with Gasteiger partial charge in [0.25, 0.3) is 0 Å². The zero-order valence-corrected chi connectivity index (χ0v) is 17.6. The Bertz CT molecular complexity index is 1340. The van der Waals surface area contributed by atoms with Crippen LogP contribution in [-0.2, 0) is 5.41 Å². The highest BCUT2D eigenvalue weighted by molar-refractivity contribution is 7.17. The van der Waals surface area contributed by atoms with Crippen molar-refractivity contribution in [2.24, 2.45) is 0 Å². The third kappa shape index (κ3) is 3.22. The summed E-state index contributed by atoms with van der Waals surface area (Å²) in [6.45, 7) is 6.80. The maximum Gasteiger partial charge on any atom is 0.116 e. The van der Waals surface area contributed by atoms with Gasteiger partial charge in [0.2, 0.25) is 0 Å². The Kier molecular flexibility index (Phi) is 4.21. The minimum Gasteiger partial charge on any atom is -0.236 e. The smallest absolute Gasteiger partial charge is 0.116 e. The molecule has 0 atom stereocenters. The second-order valence-electron chi connectivity index (χ2n) is 8.43. The van der Waals surface area contributed by atoms with Gasteiger partial charge >= 0.3 is 0 Å². The Morgan fingerprint density at radius 2 is 1.55 bits per heavy atom. The Labute approximate surface area is 174 Å². The second kappa shape index (κ2) is 6.78. The molecule has 0 aliphatic rings. The maximum absolute atomic E-state index is 4.63. The molecule has 0 amide bonds. The van der Waals surface area contributed by atoms with E-state index in [1.54, 1.807) is 17.7 Å². The van der Waals surface area contributed by atoms with Gasteiger partial charge in [-0.05, 0) is 56.8 Å². The summed E-state index contributed by atoms with van der Waals surface area (Å²) in [5.41, 5.74) is 5.61. The molecule has 3 aromatic carbocycles. The van der Waals surface area contributed by atoms with Gasteiger partial charge in [-0.15, -0.1) is 11.3 Å². The SMILES string of the molecule is CC(C)(C)c1cc(-c2cc(-c3cccc4ccsc34)ncn2)cc2ccccc12. The summed E-state index contributed by atoms with van der Waals surface area (Å²) in [5, 5.41) is 5.94. The van der Waals surface area contributed by atoms with E-state index in [9.17, 15) is 0 Å². The molecule has 0 aliphatic carbocycles. The molecule has 5 rings (SSSR count). The van der Waals surface area contributed by atoms with Crippen molar-refractivity contribution < 1.29 is 0 Å². The van der Waals surface area contributed by atoms with Gasteiger partial charge in [-0.2, -0.15) is 0 Å². The lowest BCUT2D eigenvalue weighted by atomic mass is 9.82. The molecule has 0 unspecified atom stereocenters. The molecular formula is C26H22N2S. The highest BCUT2D eigenvalue weighted by Gasteiger charge is 2.19. The first-order chi connectivity index (χ1) is 14.0. The van der Waals surface area contributed by atoms with Crippen LogP contribution < -0.4 is 0 Å². The summed E-state index contributed by atoms with van der Waals surface area (Å²) in [4.78, 5) is 9.22. The number of nitrogens with zero attached hydrogens (tertiary/aromatic N) is 2. The third-order valence-electron chi connectivity index (χ3n) is 5.39. The van der Waals surface area contributed by atoms with Crippen molar-refractivity contribution in [3.05, 3.63) is 84.0 Å². The number of hydrogen-bond donors (Lipinski definition) is 0. The summed E-state index contributed by atoms with van der Waals surface area (Å²) in [6, 6.07) is 23.8. The van der Waals surface area contributed by atoms with E-state index in [0.717, 1.165) is 22.5 Å². The number of hydrogen-bond acceptors (Lipinski definition) is 3. The average Bonchev–Trinajstić information content (AvgIpc) is 3.21. The number of thiophene rings is 1. The van der Waals surface area contributed by atoms with E-state index in [0.29, 0.717) is 0 Å². The predicted molar refractivity (Wildman–Crippen MR) is 124 cm³/mol. The van der Waals surface area contributed by atoms with Crippen LogP contribution in [0.15, 0.2) is 78.4 Å². The Hall–Kier alpha value is -3.04. The molecule has 0 radical (unpaired) electrons. The van der Waals surface area contributed by atoms with Crippen LogP contribution in [0.2, 0.25) is 0 Å². The van der Waals surface area contributed by atoms with Gasteiger partial charge in [-0.3, -0.25) is 0 Å². The van der Waals surface area contributed by atoms with Crippen LogP contribution in [0.3, 0.4) is 0 Å². The Morgan fingerprint density at radius 1 is 0.759 bits per heavy atom. The summed E-state index contributed by atoms with van der Waals surface area (Å²) in [6.07, 6.45) is 1.68. The van der Waals surface area contributed by atoms with Gasteiger partial charge in [-0.25, -0.2) is 9.97 Å². The lowest BCUT2D eigenvalue weighted by Crippen LogP contribution is -2.12. The molecule has 2 nitrogen and oxygen atoms in total. The first kappa shape index (κ1) is 18.0. The zero-order chi connectivity index (χ0) is 20.0. The van der Waals surface area contributed by atoms with Crippen LogP contribution in [-0.4, -0.2) is 9.97 Å². The lowest BCUT2D eigenvalue weighted by molar-refractivity contribution is 0.596. The summed E-state index contributed by atoms with van der Waals surface area (Å²) in [7, 11) is 0. The molecule has 3 heteroatoms. The fourth-order valence-electron chi connectivity index (χ4n) is 3.94. The molecule has 142 valence electrons. The molecule has 29 heavy (non-hydrogen) atoms. The summed E-state index contributed by atoms with van der Waals surface area (Å²) >= 11 is 1.76. The third-order valence-corrected chi connectivity index (χ3v) is 6.35. The van der Waals surface area contributed by atoms with Crippen molar-refractivity contribution in [3.63, 3.8) is 0 Å². The number of benzene rings is 3. The van der Waals surface area contributed by atoms with E-state index in [1.165, 1.54) is 26.4 Å². The number of aromatic nitrogens is 2. The van der Waals surface area contributed by atoms with Crippen molar-refractivity contribution in [1.82, 2.24) is 9.97 Å². The molecule has 2 aromatic heterocycles. The van der Waals surface area contributed by atoms with Gasteiger partial charge in [0.15, 0.2) is 0 Å². The normalized spacial score (nSPS) is 12.0. The first-order valence-corrected chi connectivity index (χ1v) is 10.7. The molecular weight excluding hydrogens is 372 g/mol. The monoisotopic (exact) mass is 394 g/mol. The van der Waals surface area contributed by atoms with Crippen LogP contribution in [0.25, 0.3) is 43.4 Å². The molecule has 0 spiro atoms. The van der Waals surface area contributed by atoms with E-state index >= 15 is 0 Å². The number of fused-ring (bicyclic) bond motifs is 2. The van der Waals surface area contributed by atoms with Gasteiger partial charge in [-0.1, -0.05) is 63.2 Å². The molecule has 2 heterocycles. The van der Waals surface area contributed by atoms with E-state index in [4.69, 9.17) is 0 Å². The molecule has 0 saturated carbocycles. The van der Waals surface area contributed by atoms with Crippen LogP contribution in [0.4, 0.5) is 0 Å². The van der Waals surface area contributed by atoms with Crippen molar-refractivity contribution in [3.8, 4) is 22.5 Å². The second-order valence-corrected chi connectivity index (χ2v) is 9.34. The maximum atomic E-state index is 4.63. The predicted octanol–water partition coefficient (Wildman–Crippen LogP) is 7.48. The van der Waals surface area contributed by atoms with E-state index in [2.05, 4.69) is 103 Å². The Balaban J connectivity index is 1.70. The zero-order valence-electron chi connectivity index (χ0n) is 16.8. The highest BCUT2D eigenvalue weighted by Crippen LogP contribution is 2.36. The van der Waals surface area contributed by atoms with Crippen molar-refractivity contribution in [2.75, 3.05) is 0 Å². The molecule has 0 bridgehead atoms. The van der Waals surface area contributed by atoms with Crippen molar-refractivity contribution in [1.29, 1.82) is 0 Å². The van der Waals surface area contributed by atoms with E-state index in [1.807, 2.05) is 0 Å². The van der Waals surface area contributed by atoms with Gasteiger partial charge in [0, 0.05) is 15.8 Å².